The second kappa shape index (κ2) is 5.12. The van der Waals surface area contributed by atoms with Gasteiger partial charge in [-0.15, -0.1) is 0 Å². The highest BCUT2D eigenvalue weighted by Crippen LogP contribution is 2.26. The molecule has 0 aliphatic rings. The first-order chi connectivity index (χ1) is 8.47. The number of carbonyl (C=O) groups is 1. The van der Waals surface area contributed by atoms with Crippen molar-refractivity contribution in [2.24, 2.45) is 7.05 Å². The maximum absolute atomic E-state index is 12.1. The van der Waals surface area contributed by atoms with Crippen LogP contribution in [-0.2, 0) is 7.05 Å². The minimum atomic E-state index is -0.191. The number of benzene rings is 1. The van der Waals surface area contributed by atoms with Crippen molar-refractivity contribution in [2.75, 3.05) is 5.32 Å². The van der Waals surface area contributed by atoms with Crippen molar-refractivity contribution in [3.8, 4) is 0 Å². The Morgan fingerprint density at radius 2 is 2.22 bits per heavy atom. The van der Waals surface area contributed by atoms with Crippen LogP contribution in [0.4, 0.5) is 5.69 Å². The van der Waals surface area contributed by atoms with Gasteiger partial charge in [-0.2, -0.15) is 5.10 Å². The van der Waals surface area contributed by atoms with Gasteiger partial charge in [-0.25, -0.2) is 0 Å². The van der Waals surface area contributed by atoms with Crippen LogP contribution in [0.3, 0.4) is 0 Å². The van der Waals surface area contributed by atoms with Gasteiger partial charge in [0.2, 0.25) is 0 Å². The third kappa shape index (κ3) is 2.73. The van der Waals surface area contributed by atoms with Crippen molar-refractivity contribution in [1.29, 1.82) is 0 Å². The van der Waals surface area contributed by atoms with Crippen LogP contribution in [0.15, 0.2) is 28.9 Å². The minimum Gasteiger partial charge on any atom is -0.321 e. The van der Waals surface area contributed by atoms with Gasteiger partial charge in [0.05, 0.1) is 16.9 Å². The van der Waals surface area contributed by atoms with Crippen LogP contribution in [0.5, 0.6) is 0 Å². The van der Waals surface area contributed by atoms with E-state index in [0.29, 0.717) is 22.0 Å². The minimum absolute atomic E-state index is 0.191. The molecule has 0 aliphatic heterocycles. The van der Waals surface area contributed by atoms with Crippen LogP contribution in [0.1, 0.15) is 16.1 Å². The number of rotatable bonds is 2. The molecule has 2 aromatic rings. The van der Waals surface area contributed by atoms with E-state index in [-0.39, 0.29) is 5.91 Å². The summed E-state index contributed by atoms with van der Waals surface area (Å²) in [4.78, 5) is 12.1. The topological polar surface area (TPSA) is 46.9 Å². The van der Waals surface area contributed by atoms with Gasteiger partial charge < -0.3 is 5.32 Å². The van der Waals surface area contributed by atoms with Gasteiger partial charge in [-0.05, 0) is 41.1 Å². The van der Waals surface area contributed by atoms with E-state index in [2.05, 4.69) is 26.3 Å². The van der Waals surface area contributed by atoms with Gasteiger partial charge in [-0.3, -0.25) is 9.48 Å². The van der Waals surface area contributed by atoms with Crippen LogP contribution in [-0.4, -0.2) is 15.7 Å². The summed E-state index contributed by atoms with van der Waals surface area (Å²) in [5, 5.41) is 7.55. The number of nitrogens with one attached hydrogen (secondary N) is 1. The number of halogens is 2. The summed E-state index contributed by atoms with van der Waals surface area (Å²) in [6.07, 6.45) is 1.69. The van der Waals surface area contributed by atoms with E-state index < -0.39 is 0 Å². The van der Waals surface area contributed by atoms with Gasteiger partial charge in [-0.1, -0.05) is 11.6 Å². The molecule has 4 nitrogen and oxygen atoms in total. The van der Waals surface area contributed by atoms with Gasteiger partial charge in [0.1, 0.15) is 0 Å². The molecule has 1 amide bonds. The van der Waals surface area contributed by atoms with Crippen molar-refractivity contribution in [2.45, 2.75) is 6.92 Å². The summed E-state index contributed by atoms with van der Waals surface area (Å²) < 4.78 is 2.35. The summed E-state index contributed by atoms with van der Waals surface area (Å²) >= 11 is 9.19. The molecule has 2 rings (SSSR count). The second-order valence-electron chi connectivity index (χ2n) is 3.88. The zero-order chi connectivity index (χ0) is 13.3. The SMILES string of the molecule is Cc1nn(C)cc1C(=O)Nc1ccc(Cl)cc1Br. The summed E-state index contributed by atoms with van der Waals surface area (Å²) in [5.41, 5.74) is 1.92. The van der Waals surface area contributed by atoms with Crippen LogP contribution in [0.2, 0.25) is 5.02 Å². The van der Waals surface area contributed by atoms with Crippen LogP contribution in [0.25, 0.3) is 0 Å². The van der Waals surface area contributed by atoms with Crippen molar-refractivity contribution in [3.05, 3.63) is 45.1 Å². The number of aryl methyl sites for hydroxylation is 2. The number of hydrogen-bond donors (Lipinski definition) is 1. The summed E-state index contributed by atoms with van der Waals surface area (Å²) in [6.45, 7) is 1.80. The lowest BCUT2D eigenvalue weighted by Crippen LogP contribution is -2.12. The van der Waals surface area contributed by atoms with E-state index in [1.54, 1.807) is 43.0 Å². The molecule has 0 bridgehead atoms. The predicted molar refractivity (Wildman–Crippen MR) is 75.1 cm³/mol. The fourth-order valence-corrected chi connectivity index (χ4v) is 2.38. The Morgan fingerprint density at radius 3 is 2.78 bits per heavy atom. The Morgan fingerprint density at radius 1 is 1.50 bits per heavy atom. The van der Waals surface area contributed by atoms with Crippen molar-refractivity contribution in [1.82, 2.24) is 9.78 Å². The molecule has 0 unspecified atom stereocenters. The molecule has 0 spiro atoms. The monoisotopic (exact) mass is 327 g/mol. The van der Waals surface area contributed by atoms with E-state index >= 15 is 0 Å². The highest BCUT2D eigenvalue weighted by atomic mass is 79.9. The molecule has 0 saturated carbocycles. The highest BCUT2D eigenvalue weighted by Gasteiger charge is 2.13. The molecule has 1 N–H and O–H groups in total. The van der Waals surface area contributed by atoms with Gasteiger partial charge >= 0.3 is 0 Å². The lowest BCUT2D eigenvalue weighted by molar-refractivity contribution is 0.102. The maximum atomic E-state index is 12.1. The average molecular weight is 329 g/mol. The number of anilines is 1. The van der Waals surface area contributed by atoms with Crippen molar-refractivity contribution in [3.63, 3.8) is 0 Å². The fraction of sp³-hybridized carbons (Fsp3) is 0.167. The van der Waals surface area contributed by atoms with Gasteiger partial charge in [0.25, 0.3) is 5.91 Å². The Balaban J connectivity index is 2.24. The first kappa shape index (κ1) is 13.1. The van der Waals surface area contributed by atoms with Crippen LogP contribution < -0.4 is 5.32 Å². The number of nitrogens with zero attached hydrogens (tertiary/aromatic N) is 2. The Kier molecular flexibility index (Phi) is 3.73. The lowest BCUT2D eigenvalue weighted by Gasteiger charge is -2.06. The van der Waals surface area contributed by atoms with E-state index in [0.717, 1.165) is 4.47 Å². The second-order valence-corrected chi connectivity index (χ2v) is 5.17. The van der Waals surface area contributed by atoms with E-state index in [1.807, 2.05) is 0 Å². The Bertz CT molecular complexity index is 609. The Labute approximate surface area is 118 Å². The summed E-state index contributed by atoms with van der Waals surface area (Å²) in [7, 11) is 1.78. The van der Waals surface area contributed by atoms with Crippen LogP contribution >= 0.6 is 27.5 Å². The third-order valence-electron chi connectivity index (χ3n) is 2.44. The smallest absolute Gasteiger partial charge is 0.259 e. The molecular weight excluding hydrogens is 318 g/mol. The van der Waals surface area contributed by atoms with Gasteiger partial charge in [0.15, 0.2) is 0 Å². The molecule has 94 valence electrons. The van der Waals surface area contributed by atoms with Crippen molar-refractivity contribution < 1.29 is 4.79 Å². The molecule has 0 radical (unpaired) electrons. The molecule has 0 aliphatic carbocycles. The predicted octanol–water partition coefficient (Wildman–Crippen LogP) is 3.40. The molecular formula is C12H11BrClN3O. The molecule has 1 heterocycles. The Hall–Kier alpha value is -1.33. The van der Waals surface area contributed by atoms with E-state index in [1.165, 1.54) is 0 Å². The third-order valence-corrected chi connectivity index (χ3v) is 3.33. The first-order valence-corrected chi connectivity index (χ1v) is 6.41. The molecule has 0 atom stereocenters. The molecule has 6 heteroatoms. The molecule has 0 saturated heterocycles. The number of hydrogen-bond acceptors (Lipinski definition) is 2. The fourth-order valence-electron chi connectivity index (χ4n) is 1.60. The molecule has 18 heavy (non-hydrogen) atoms. The number of carbonyl (C=O) groups excluding carboxylic acids is 1. The highest BCUT2D eigenvalue weighted by molar-refractivity contribution is 9.10. The molecule has 1 aromatic heterocycles. The molecule has 1 aromatic carbocycles. The summed E-state index contributed by atoms with van der Waals surface area (Å²) in [5.74, 6) is -0.191. The zero-order valence-electron chi connectivity index (χ0n) is 9.87. The normalized spacial score (nSPS) is 10.4. The summed E-state index contributed by atoms with van der Waals surface area (Å²) in [6, 6.07) is 5.20. The van der Waals surface area contributed by atoms with Crippen molar-refractivity contribution >= 4 is 39.1 Å². The maximum Gasteiger partial charge on any atom is 0.259 e. The zero-order valence-corrected chi connectivity index (χ0v) is 12.2. The first-order valence-electron chi connectivity index (χ1n) is 5.24. The largest absolute Gasteiger partial charge is 0.321 e. The van der Waals surface area contributed by atoms with E-state index in [9.17, 15) is 4.79 Å². The quantitative estimate of drug-likeness (QED) is 0.918. The van der Waals surface area contributed by atoms with E-state index in [4.69, 9.17) is 11.6 Å². The molecule has 0 fully saturated rings. The van der Waals surface area contributed by atoms with Crippen LogP contribution in [0, 0.1) is 6.92 Å². The van der Waals surface area contributed by atoms with Gasteiger partial charge in [0, 0.05) is 22.7 Å². The number of amides is 1. The number of aromatic nitrogens is 2. The average Bonchev–Trinajstić information content (AvgIpc) is 2.62. The standard InChI is InChI=1S/C12H11BrClN3O/c1-7-9(6-17(2)16-7)12(18)15-11-4-3-8(14)5-10(11)13/h3-6H,1-2H3,(H,15,18). The lowest BCUT2D eigenvalue weighted by atomic mass is 10.2.